The van der Waals surface area contributed by atoms with Gasteiger partial charge in [-0.3, -0.25) is 0 Å². The van der Waals surface area contributed by atoms with E-state index in [0.29, 0.717) is 38.5 Å². The molecule has 4 saturated heterocycles. The molecule has 8 aliphatic rings. The fourth-order valence-electron chi connectivity index (χ4n) is 12.5. The summed E-state index contributed by atoms with van der Waals surface area (Å²) in [5.41, 5.74) is 0. The Morgan fingerprint density at radius 2 is 1.01 bits per heavy atom. The highest BCUT2D eigenvalue weighted by Gasteiger charge is 2.58. The van der Waals surface area contributed by atoms with Crippen molar-refractivity contribution >= 4 is 11.9 Å². The third-order valence-electron chi connectivity index (χ3n) is 17.3. The van der Waals surface area contributed by atoms with Gasteiger partial charge in [0, 0.05) is 38.0 Å². The smallest absolute Gasteiger partial charge is 0.330 e. The SMILES string of the molecule is COC1CC(C=CC(=O)OCC2OC(OC3CC4C(OC5OC(CO)C(O)C(O)C5O)CC(O)CC4[OH+]C3C3CCC(O)C(O)C3)C(OC3OC(COC(=O)C=CC4CCC(O)C(O)C4)C(O)C(O)C3O)C(O)C2O)CCC1O. The van der Waals surface area contributed by atoms with E-state index < -0.39 is 203 Å². The monoisotopic (exact) mass is 1140 g/mol. The summed E-state index contributed by atoms with van der Waals surface area (Å²) in [7, 11) is 1.48. The Morgan fingerprint density at radius 3 is 1.61 bits per heavy atom. The van der Waals surface area contributed by atoms with E-state index in [4.69, 9.17) is 47.4 Å². The molecule has 8 fully saturated rings. The van der Waals surface area contributed by atoms with Gasteiger partial charge in [-0.15, -0.1) is 0 Å². The first kappa shape index (κ1) is 62.5. The van der Waals surface area contributed by atoms with Gasteiger partial charge in [0.05, 0.1) is 61.4 Å². The maximum atomic E-state index is 13.2. The van der Waals surface area contributed by atoms with Gasteiger partial charge in [-0.25, -0.2) is 9.59 Å². The van der Waals surface area contributed by atoms with Crippen molar-refractivity contribution in [2.24, 2.45) is 23.7 Å². The molecule has 0 aromatic carbocycles. The lowest BCUT2D eigenvalue weighted by Gasteiger charge is -2.50. The lowest BCUT2D eigenvalue weighted by Crippen LogP contribution is -2.66. The van der Waals surface area contributed by atoms with Crippen molar-refractivity contribution in [1.82, 2.24) is 0 Å². The summed E-state index contributed by atoms with van der Waals surface area (Å²) in [5.74, 6) is -3.27. The Hall–Kier alpha value is -2.50. The molecule has 0 aromatic heterocycles. The number of fused-ring (bicyclic) bond motifs is 1. The maximum absolute atomic E-state index is 13.2. The molecule has 0 spiro atoms. The minimum Gasteiger partial charge on any atom is -0.460 e. The van der Waals surface area contributed by atoms with Crippen LogP contribution in [0.1, 0.15) is 77.0 Å². The molecule has 0 bridgehead atoms. The molecule has 30 unspecified atom stereocenters. The Kier molecular flexibility index (Phi) is 22.1. The molecule has 452 valence electrons. The number of methoxy groups -OCH3 is 1. The maximum Gasteiger partial charge on any atom is 0.330 e. The number of aliphatic hydroxyl groups is 17. The molecule has 30 atom stereocenters. The number of ether oxygens (including phenoxy) is 10. The number of aliphatic hydroxyl groups excluding tert-OH is 15. The number of allylic oxidation sites excluding steroid dienone is 2. The summed E-state index contributed by atoms with van der Waals surface area (Å²) in [6.07, 6.45) is -28.1. The molecule has 4 aliphatic carbocycles. The van der Waals surface area contributed by atoms with Crippen LogP contribution in [0.3, 0.4) is 0 Å². The van der Waals surface area contributed by atoms with Crippen LogP contribution in [0.2, 0.25) is 0 Å². The second kappa shape index (κ2) is 27.9. The zero-order valence-corrected chi connectivity index (χ0v) is 43.9. The Morgan fingerprint density at radius 1 is 0.494 bits per heavy atom. The van der Waals surface area contributed by atoms with Gasteiger partial charge in [-0.1, -0.05) is 12.2 Å². The van der Waals surface area contributed by atoms with Crippen molar-refractivity contribution in [3.63, 3.8) is 0 Å². The van der Waals surface area contributed by atoms with Gasteiger partial charge in [-0.2, -0.15) is 0 Å². The Labute approximate surface area is 455 Å². The second-order valence-corrected chi connectivity index (χ2v) is 22.7. The van der Waals surface area contributed by atoms with Crippen LogP contribution in [-0.2, 0) is 52.2 Å². The topological polar surface area (TPSA) is 433 Å². The molecular weight excluding hydrogens is 1060 g/mol. The fourth-order valence-corrected chi connectivity index (χ4v) is 12.5. The molecular formula is C52H83O27+. The van der Waals surface area contributed by atoms with Crippen LogP contribution < -0.4 is 0 Å². The van der Waals surface area contributed by atoms with Crippen molar-refractivity contribution in [3.8, 4) is 0 Å². The van der Waals surface area contributed by atoms with E-state index in [2.05, 4.69) is 0 Å². The summed E-state index contributed by atoms with van der Waals surface area (Å²) in [6, 6.07) is 0. The minimum absolute atomic E-state index is 0.000774. The fraction of sp³-hybridized carbons (Fsp3) is 0.885. The van der Waals surface area contributed by atoms with E-state index in [0.717, 1.165) is 6.08 Å². The summed E-state index contributed by atoms with van der Waals surface area (Å²) < 4.78 is 58.5. The van der Waals surface area contributed by atoms with Crippen LogP contribution in [0.4, 0.5) is 0 Å². The number of carbonyl (C=O) groups excluding carboxylic acids is 2. The Bertz CT molecular complexity index is 2000. The van der Waals surface area contributed by atoms with Gasteiger partial charge in [0.2, 0.25) is 0 Å². The van der Waals surface area contributed by atoms with E-state index in [1.54, 1.807) is 6.08 Å². The normalized spacial score (nSPS) is 49.1. The van der Waals surface area contributed by atoms with Crippen molar-refractivity contribution in [3.05, 3.63) is 24.3 Å². The minimum atomic E-state index is -2.06. The van der Waals surface area contributed by atoms with Gasteiger partial charge in [-0.05, 0) is 76.0 Å². The van der Waals surface area contributed by atoms with Crippen LogP contribution >= 0.6 is 0 Å². The molecule has 4 heterocycles. The van der Waals surface area contributed by atoms with Crippen molar-refractivity contribution < 1.29 is 134 Å². The quantitative estimate of drug-likeness (QED) is 0.0366. The zero-order chi connectivity index (χ0) is 57.0. The van der Waals surface area contributed by atoms with Gasteiger partial charge in [0.25, 0.3) is 0 Å². The highest BCUT2D eigenvalue weighted by atomic mass is 16.8. The van der Waals surface area contributed by atoms with Gasteiger partial charge in [0.1, 0.15) is 92.6 Å². The standard InChI is InChI=1S/C52H82O27/c1-70-33-13-22(3-8-28(33)57)5-11-39(61)72-20-37-42(64)45(67)49(79-51-47(69)44(66)41(63)36(77-51)19-71-38(60)10-4-21-2-7-26(55)29(58)12-21)52(78-37)75-34-17-25-31(73-48(34)23-6-9-27(56)30(59)14-23)15-24(54)16-32(25)74-50-46(68)43(65)40(62)35(18-53)76-50/h4-5,10-11,21-37,40-59,62-69H,2-3,6-9,12-20H2,1H3/p+1. The number of hydrogen-bond acceptors (Lipinski definition) is 26. The Balaban J connectivity index is 1.04. The van der Waals surface area contributed by atoms with Crippen LogP contribution in [0.5, 0.6) is 0 Å². The first-order chi connectivity index (χ1) is 37.6. The summed E-state index contributed by atoms with van der Waals surface area (Å²) in [5, 5.41) is 162. The van der Waals surface area contributed by atoms with Crippen LogP contribution in [0, 0.1) is 23.7 Å². The van der Waals surface area contributed by atoms with Gasteiger partial charge < -0.3 is 124 Å². The molecule has 8 rings (SSSR count). The first-order valence-corrected chi connectivity index (χ1v) is 27.6. The zero-order valence-electron chi connectivity index (χ0n) is 43.9. The summed E-state index contributed by atoms with van der Waals surface area (Å²) >= 11 is 0. The number of carbonyl (C=O) groups is 2. The van der Waals surface area contributed by atoms with Crippen LogP contribution in [0.25, 0.3) is 0 Å². The van der Waals surface area contributed by atoms with Gasteiger partial charge >= 0.3 is 11.9 Å². The largest absolute Gasteiger partial charge is 0.460 e. The van der Waals surface area contributed by atoms with E-state index in [-0.39, 0.29) is 50.4 Å². The number of rotatable bonds is 17. The number of esters is 2. The van der Waals surface area contributed by atoms with Crippen molar-refractivity contribution in [2.75, 3.05) is 26.9 Å². The lowest BCUT2D eigenvalue weighted by atomic mass is 9.72. The molecule has 27 nitrogen and oxygen atoms in total. The lowest BCUT2D eigenvalue weighted by molar-refractivity contribution is -0.390. The van der Waals surface area contributed by atoms with Crippen LogP contribution in [0.15, 0.2) is 24.3 Å². The van der Waals surface area contributed by atoms with Crippen molar-refractivity contribution in [2.45, 2.75) is 236 Å². The van der Waals surface area contributed by atoms with E-state index >= 15 is 0 Å². The average molecular weight is 1140 g/mol. The highest BCUT2D eigenvalue weighted by Crippen LogP contribution is 2.44. The molecule has 4 aliphatic heterocycles. The molecule has 0 radical (unpaired) electrons. The first-order valence-electron chi connectivity index (χ1n) is 27.6. The third kappa shape index (κ3) is 15.1. The van der Waals surface area contributed by atoms with Crippen LogP contribution in [-0.4, -0.2) is 279 Å². The summed E-state index contributed by atoms with van der Waals surface area (Å²) in [6.45, 7) is -2.10. The van der Waals surface area contributed by atoms with E-state index in [9.17, 15) is 86.2 Å². The highest BCUT2D eigenvalue weighted by molar-refractivity contribution is 5.82. The van der Waals surface area contributed by atoms with E-state index in [1.165, 1.54) is 19.3 Å². The molecule has 0 amide bonds. The molecule has 79 heavy (non-hydrogen) atoms. The average Bonchev–Trinajstić information content (AvgIpc) is 3.45. The molecule has 0 aromatic rings. The molecule has 27 heteroatoms. The van der Waals surface area contributed by atoms with Crippen molar-refractivity contribution in [1.29, 1.82) is 0 Å². The predicted octanol–water partition coefficient (Wildman–Crippen LogP) is -5.95. The van der Waals surface area contributed by atoms with Gasteiger partial charge in [0.15, 0.2) is 31.1 Å². The second-order valence-electron chi connectivity index (χ2n) is 22.7. The molecule has 4 saturated carbocycles. The molecule has 16 N–H and O–H groups in total. The third-order valence-corrected chi connectivity index (χ3v) is 17.3. The van der Waals surface area contributed by atoms with E-state index in [1.807, 2.05) is 0 Å². The predicted molar refractivity (Wildman–Crippen MR) is 262 cm³/mol. The summed E-state index contributed by atoms with van der Waals surface area (Å²) in [4.78, 5) is 26.0. The number of hydrogen-bond donors (Lipinski definition) is 15.